The summed E-state index contributed by atoms with van der Waals surface area (Å²) in [5, 5.41) is 24.1. The van der Waals surface area contributed by atoms with Crippen molar-refractivity contribution in [3.05, 3.63) is 93.7 Å². The van der Waals surface area contributed by atoms with Gasteiger partial charge in [-0.3, -0.25) is 19.9 Å². The van der Waals surface area contributed by atoms with Crippen molar-refractivity contribution < 1.29 is 14.8 Å². The van der Waals surface area contributed by atoms with Gasteiger partial charge in [-0.1, -0.05) is 56.3 Å². The van der Waals surface area contributed by atoms with E-state index < -0.39 is 4.92 Å². The number of rotatable bonds is 4. The van der Waals surface area contributed by atoms with E-state index in [-0.39, 0.29) is 34.6 Å². The molecule has 0 bridgehead atoms. The van der Waals surface area contributed by atoms with Gasteiger partial charge in [0, 0.05) is 25.0 Å². The molecule has 0 atom stereocenters. The summed E-state index contributed by atoms with van der Waals surface area (Å²) in [5.74, 6) is -0.137. The number of ketones is 1. The minimum atomic E-state index is -0.467. The number of benzene rings is 3. The van der Waals surface area contributed by atoms with Gasteiger partial charge >= 0.3 is 0 Å². The molecule has 3 aromatic rings. The number of aliphatic imine (C=N–C) groups is 1. The Hall–Kier alpha value is -3.80. The number of nitro benzene ring substituents is 1. The highest BCUT2D eigenvalue weighted by Crippen LogP contribution is 2.37. The van der Waals surface area contributed by atoms with Gasteiger partial charge in [-0.2, -0.15) is 0 Å². The van der Waals surface area contributed by atoms with Crippen molar-refractivity contribution in [2.24, 2.45) is 10.4 Å². The van der Waals surface area contributed by atoms with E-state index in [0.717, 1.165) is 16.3 Å². The van der Waals surface area contributed by atoms with E-state index in [4.69, 9.17) is 0 Å². The van der Waals surface area contributed by atoms with E-state index in [1.165, 1.54) is 12.1 Å². The number of nitrogens with zero attached hydrogens (tertiary/aromatic N) is 2. The average Bonchev–Trinajstić information content (AvgIpc) is 2.73. The molecular formula is C26H24N2O4. The molecule has 1 aliphatic rings. The number of carbonyl (C=O) groups is 1. The largest absolute Gasteiger partial charge is 0.511 e. The van der Waals surface area contributed by atoms with Crippen molar-refractivity contribution in [1.29, 1.82) is 0 Å². The van der Waals surface area contributed by atoms with Gasteiger partial charge in [0.15, 0.2) is 5.78 Å². The second kappa shape index (κ2) is 8.38. The molecule has 0 spiro atoms. The third-order valence-electron chi connectivity index (χ3n) is 5.70. The smallest absolute Gasteiger partial charge is 0.269 e. The fourth-order valence-electron chi connectivity index (χ4n) is 4.23. The number of carbonyl (C=O) groups excluding carboxylic acids is 1. The first-order valence-corrected chi connectivity index (χ1v) is 10.5. The van der Waals surface area contributed by atoms with Crippen LogP contribution in [-0.4, -0.2) is 21.5 Å². The van der Waals surface area contributed by atoms with Gasteiger partial charge in [0.2, 0.25) is 0 Å². The van der Waals surface area contributed by atoms with Crippen LogP contribution in [0.4, 0.5) is 11.4 Å². The number of hydrogen-bond acceptors (Lipinski definition) is 5. The lowest BCUT2D eigenvalue weighted by Crippen LogP contribution is -2.32. The van der Waals surface area contributed by atoms with Crippen molar-refractivity contribution in [2.45, 2.75) is 33.1 Å². The second-order valence-corrected chi connectivity index (χ2v) is 8.91. The molecule has 0 amide bonds. The first-order valence-electron chi connectivity index (χ1n) is 10.5. The summed E-state index contributed by atoms with van der Waals surface area (Å²) in [5.41, 5.74) is 1.89. The van der Waals surface area contributed by atoms with Crippen LogP contribution in [0.5, 0.6) is 0 Å². The highest BCUT2D eigenvalue weighted by Gasteiger charge is 2.36. The standard InChI is InChI=1S/C26H24N2O4/c1-26(2)15-22(27-19-10-12-20(13-11-19)28(31)32)25(24(30)16-26)23(29)14-18-8-5-7-17-6-3-4-9-21(17)18/h3-13,29H,14-16H2,1-2H3. The second-order valence-electron chi connectivity index (χ2n) is 8.91. The molecule has 162 valence electrons. The fourth-order valence-corrected chi connectivity index (χ4v) is 4.23. The van der Waals surface area contributed by atoms with Crippen LogP contribution < -0.4 is 0 Å². The quantitative estimate of drug-likeness (QED) is 0.230. The van der Waals surface area contributed by atoms with Crippen LogP contribution >= 0.6 is 0 Å². The normalized spacial score (nSPS) is 18.7. The number of non-ortho nitro benzene ring substituents is 1. The van der Waals surface area contributed by atoms with Gasteiger partial charge in [0.1, 0.15) is 5.76 Å². The average molecular weight is 428 g/mol. The van der Waals surface area contributed by atoms with E-state index in [9.17, 15) is 20.0 Å². The maximum Gasteiger partial charge on any atom is 0.269 e. The van der Waals surface area contributed by atoms with Crippen LogP contribution in [0.2, 0.25) is 0 Å². The molecule has 1 saturated carbocycles. The third-order valence-corrected chi connectivity index (χ3v) is 5.70. The van der Waals surface area contributed by atoms with Gasteiger partial charge < -0.3 is 5.11 Å². The number of allylic oxidation sites excluding steroid dienone is 2. The molecule has 6 heteroatoms. The molecule has 1 fully saturated rings. The van der Waals surface area contributed by atoms with Crippen LogP contribution in [0.25, 0.3) is 10.8 Å². The van der Waals surface area contributed by atoms with Crippen LogP contribution in [0.3, 0.4) is 0 Å². The molecular weight excluding hydrogens is 404 g/mol. The molecule has 0 saturated heterocycles. The Labute approximate surface area is 186 Å². The van der Waals surface area contributed by atoms with Crippen LogP contribution in [0.15, 0.2) is 83.1 Å². The van der Waals surface area contributed by atoms with Crippen molar-refractivity contribution in [3.63, 3.8) is 0 Å². The summed E-state index contributed by atoms with van der Waals surface area (Å²) in [6.45, 7) is 3.99. The van der Waals surface area contributed by atoms with E-state index in [1.54, 1.807) is 12.1 Å². The van der Waals surface area contributed by atoms with E-state index >= 15 is 0 Å². The third kappa shape index (κ3) is 4.44. The molecule has 1 N–H and O–H groups in total. The lowest BCUT2D eigenvalue weighted by Gasteiger charge is -2.31. The fraction of sp³-hybridized carbons (Fsp3) is 0.231. The molecule has 6 nitrogen and oxygen atoms in total. The topological polar surface area (TPSA) is 92.8 Å². The molecule has 0 unspecified atom stereocenters. The first kappa shape index (κ1) is 21.4. The van der Waals surface area contributed by atoms with Crippen molar-refractivity contribution in [1.82, 2.24) is 0 Å². The van der Waals surface area contributed by atoms with Gasteiger partial charge in [0.05, 0.1) is 21.9 Å². The SMILES string of the molecule is CC1(C)CC(=O)C(=C(O)Cc2cccc3ccccc23)C(=Nc2ccc([N+](=O)[O-])cc2)C1. The number of fused-ring (bicyclic) bond motifs is 1. The Bertz CT molecular complexity index is 1270. The summed E-state index contributed by atoms with van der Waals surface area (Å²) >= 11 is 0. The Kier molecular flexibility index (Phi) is 5.61. The lowest BCUT2D eigenvalue weighted by molar-refractivity contribution is -0.384. The number of aliphatic hydroxyl groups excluding tert-OH is 1. The predicted molar refractivity (Wildman–Crippen MR) is 126 cm³/mol. The van der Waals surface area contributed by atoms with Crippen LogP contribution in [0, 0.1) is 15.5 Å². The maximum absolute atomic E-state index is 13.1. The Morgan fingerprint density at radius 2 is 1.72 bits per heavy atom. The highest BCUT2D eigenvalue weighted by atomic mass is 16.6. The number of Topliss-reactive ketones (excluding diaryl/α,β-unsaturated/α-hetero) is 1. The lowest BCUT2D eigenvalue weighted by atomic mass is 9.73. The summed E-state index contributed by atoms with van der Waals surface area (Å²) in [7, 11) is 0. The zero-order valence-corrected chi connectivity index (χ0v) is 18.0. The molecule has 0 radical (unpaired) electrons. The summed E-state index contributed by atoms with van der Waals surface area (Å²) in [4.78, 5) is 28.1. The Morgan fingerprint density at radius 3 is 2.44 bits per heavy atom. The van der Waals surface area contributed by atoms with E-state index in [0.29, 0.717) is 24.2 Å². The van der Waals surface area contributed by atoms with Crippen LogP contribution in [0.1, 0.15) is 32.3 Å². The first-order chi connectivity index (χ1) is 15.2. The Morgan fingerprint density at radius 1 is 1.03 bits per heavy atom. The van der Waals surface area contributed by atoms with Gasteiger partial charge in [0.25, 0.3) is 5.69 Å². The molecule has 4 rings (SSSR count). The van der Waals surface area contributed by atoms with Crippen LogP contribution in [-0.2, 0) is 11.2 Å². The molecule has 32 heavy (non-hydrogen) atoms. The molecule has 1 aliphatic carbocycles. The summed E-state index contributed by atoms with van der Waals surface area (Å²) in [6, 6.07) is 19.7. The zero-order chi connectivity index (χ0) is 22.9. The molecule has 0 aliphatic heterocycles. The number of nitro groups is 1. The van der Waals surface area contributed by atoms with Crippen molar-refractivity contribution in [2.75, 3.05) is 0 Å². The zero-order valence-electron chi connectivity index (χ0n) is 18.0. The van der Waals surface area contributed by atoms with E-state index in [2.05, 4.69) is 4.99 Å². The molecule has 0 heterocycles. The number of aliphatic hydroxyl groups is 1. The minimum Gasteiger partial charge on any atom is -0.511 e. The summed E-state index contributed by atoms with van der Waals surface area (Å²) < 4.78 is 0. The van der Waals surface area contributed by atoms with Gasteiger partial charge in [-0.05, 0) is 40.3 Å². The maximum atomic E-state index is 13.1. The number of hydrogen-bond donors (Lipinski definition) is 1. The Balaban J connectivity index is 1.76. The monoisotopic (exact) mass is 428 g/mol. The van der Waals surface area contributed by atoms with Gasteiger partial charge in [-0.25, -0.2) is 0 Å². The van der Waals surface area contributed by atoms with E-state index in [1.807, 2.05) is 56.3 Å². The van der Waals surface area contributed by atoms with Gasteiger partial charge in [-0.15, -0.1) is 0 Å². The van der Waals surface area contributed by atoms with Crippen molar-refractivity contribution >= 4 is 33.6 Å². The minimum absolute atomic E-state index is 0.00233. The summed E-state index contributed by atoms with van der Waals surface area (Å²) in [6.07, 6.45) is 1.06. The molecule has 0 aromatic heterocycles. The molecule has 3 aromatic carbocycles. The predicted octanol–water partition coefficient (Wildman–Crippen LogP) is 6.26. The van der Waals surface area contributed by atoms with Crippen molar-refractivity contribution in [3.8, 4) is 0 Å². The highest BCUT2D eigenvalue weighted by molar-refractivity contribution is 6.25.